The number of nitrogens with zero attached hydrogens (tertiary/aromatic N) is 1. The summed E-state index contributed by atoms with van der Waals surface area (Å²) < 4.78 is 0. The Morgan fingerprint density at radius 3 is 2.75 bits per heavy atom. The fourth-order valence-electron chi connectivity index (χ4n) is 3.41. The molecule has 0 aliphatic carbocycles. The van der Waals surface area contributed by atoms with Crippen LogP contribution in [-0.2, 0) is 6.54 Å². The van der Waals surface area contributed by atoms with Crippen molar-refractivity contribution in [2.24, 2.45) is 5.92 Å². The Bertz CT molecular complexity index is 606. The molecule has 0 spiro atoms. The van der Waals surface area contributed by atoms with Crippen LogP contribution in [0.1, 0.15) is 42.7 Å². The molecule has 3 rings (SSSR count). The summed E-state index contributed by atoms with van der Waals surface area (Å²) >= 11 is 1.82. The van der Waals surface area contributed by atoms with Crippen molar-refractivity contribution >= 4 is 17.0 Å². The molecule has 130 valence electrons. The highest BCUT2D eigenvalue weighted by Crippen LogP contribution is 2.27. The van der Waals surface area contributed by atoms with Crippen molar-refractivity contribution in [1.82, 2.24) is 4.90 Å². The molecule has 2 heterocycles. The zero-order chi connectivity index (χ0) is 16.8. The molecule has 0 bridgehead atoms. The summed E-state index contributed by atoms with van der Waals surface area (Å²) in [5.41, 5.74) is 2.57. The summed E-state index contributed by atoms with van der Waals surface area (Å²) in [5, 5.41) is 15.1. The van der Waals surface area contributed by atoms with Crippen LogP contribution < -0.4 is 5.32 Å². The van der Waals surface area contributed by atoms with Crippen LogP contribution in [0.3, 0.4) is 0 Å². The summed E-state index contributed by atoms with van der Waals surface area (Å²) in [4.78, 5) is 3.90. The lowest BCUT2D eigenvalue weighted by Crippen LogP contribution is -2.34. The second-order valence-corrected chi connectivity index (χ2v) is 7.70. The van der Waals surface area contributed by atoms with Crippen molar-refractivity contribution in [2.45, 2.75) is 38.8 Å². The number of aliphatic hydroxyl groups excluding tert-OH is 1. The Morgan fingerprint density at radius 1 is 1.25 bits per heavy atom. The van der Waals surface area contributed by atoms with Crippen molar-refractivity contribution in [1.29, 1.82) is 0 Å². The first-order valence-electron chi connectivity index (χ1n) is 9.00. The first-order chi connectivity index (χ1) is 11.8. The van der Waals surface area contributed by atoms with Crippen molar-refractivity contribution in [3.8, 4) is 0 Å². The van der Waals surface area contributed by atoms with Gasteiger partial charge in [-0.2, -0.15) is 0 Å². The molecule has 1 aromatic heterocycles. The van der Waals surface area contributed by atoms with Crippen LogP contribution in [0.2, 0.25) is 0 Å². The number of likely N-dealkylation sites (tertiary alicyclic amines) is 1. The maximum absolute atomic E-state index is 9.26. The van der Waals surface area contributed by atoms with E-state index in [9.17, 15) is 5.11 Å². The van der Waals surface area contributed by atoms with Crippen LogP contribution in [-0.4, -0.2) is 29.7 Å². The van der Waals surface area contributed by atoms with Crippen LogP contribution >= 0.6 is 11.3 Å². The Balaban J connectivity index is 1.60. The summed E-state index contributed by atoms with van der Waals surface area (Å²) in [7, 11) is 0. The van der Waals surface area contributed by atoms with Crippen LogP contribution in [0.15, 0.2) is 41.8 Å². The number of benzene rings is 1. The number of aliphatic hydroxyl groups is 1. The van der Waals surface area contributed by atoms with Gasteiger partial charge in [-0.05, 0) is 67.4 Å². The number of nitrogens with one attached hydrogen (secondary N) is 1. The molecule has 4 heteroatoms. The average molecular weight is 345 g/mol. The largest absolute Gasteiger partial charge is 0.396 e. The van der Waals surface area contributed by atoms with Crippen LogP contribution in [0, 0.1) is 5.92 Å². The minimum absolute atomic E-state index is 0.342. The van der Waals surface area contributed by atoms with Gasteiger partial charge in [0.15, 0.2) is 0 Å². The van der Waals surface area contributed by atoms with E-state index in [2.05, 4.69) is 58.9 Å². The lowest BCUT2D eigenvalue weighted by Gasteiger charge is -2.31. The van der Waals surface area contributed by atoms with E-state index in [1.807, 2.05) is 11.3 Å². The van der Waals surface area contributed by atoms with E-state index in [1.54, 1.807) is 0 Å². The van der Waals surface area contributed by atoms with E-state index >= 15 is 0 Å². The van der Waals surface area contributed by atoms with Gasteiger partial charge in [-0.3, -0.25) is 4.90 Å². The zero-order valence-electron chi connectivity index (χ0n) is 14.4. The molecule has 24 heavy (non-hydrogen) atoms. The minimum Gasteiger partial charge on any atom is -0.396 e. The fourth-order valence-corrected chi connectivity index (χ4v) is 4.27. The van der Waals surface area contributed by atoms with Gasteiger partial charge >= 0.3 is 0 Å². The molecule has 1 saturated heterocycles. The molecule has 2 N–H and O–H groups in total. The van der Waals surface area contributed by atoms with E-state index in [4.69, 9.17) is 0 Å². The van der Waals surface area contributed by atoms with E-state index in [-0.39, 0.29) is 0 Å². The number of hydrogen-bond donors (Lipinski definition) is 2. The van der Waals surface area contributed by atoms with Gasteiger partial charge < -0.3 is 10.4 Å². The third kappa shape index (κ3) is 4.59. The second kappa shape index (κ2) is 8.65. The zero-order valence-corrected chi connectivity index (χ0v) is 15.3. The summed E-state index contributed by atoms with van der Waals surface area (Å²) in [6.07, 6.45) is 3.31. The second-order valence-electron chi connectivity index (χ2n) is 6.72. The minimum atomic E-state index is 0.342. The fraction of sp³-hybridized carbons (Fsp3) is 0.500. The standard InChI is InChI=1S/C20H28N2OS/c1-2-19(20-7-4-12-24-20)21-18-6-3-5-17(13-18)14-22-10-8-16(15-23)9-11-22/h3-7,12-13,16,19,21,23H,2,8-11,14-15H2,1H3. The predicted molar refractivity (Wildman–Crippen MR) is 103 cm³/mol. The number of hydrogen-bond acceptors (Lipinski definition) is 4. The maximum Gasteiger partial charge on any atom is 0.0603 e. The lowest BCUT2D eigenvalue weighted by molar-refractivity contribution is 0.127. The van der Waals surface area contributed by atoms with Gasteiger partial charge in [0.25, 0.3) is 0 Å². The predicted octanol–water partition coefficient (Wildman–Crippen LogP) is 4.52. The van der Waals surface area contributed by atoms with Gasteiger partial charge in [-0.15, -0.1) is 11.3 Å². The summed E-state index contributed by atoms with van der Waals surface area (Å²) in [6.45, 7) is 5.76. The highest BCUT2D eigenvalue weighted by atomic mass is 32.1. The van der Waals surface area contributed by atoms with E-state index < -0.39 is 0 Å². The summed E-state index contributed by atoms with van der Waals surface area (Å²) in [6, 6.07) is 13.5. The molecule has 1 aliphatic heterocycles. The molecule has 1 atom stereocenters. The van der Waals surface area contributed by atoms with Crippen molar-refractivity contribution < 1.29 is 5.11 Å². The van der Waals surface area contributed by atoms with Crippen LogP contribution in [0.5, 0.6) is 0 Å². The molecule has 0 saturated carbocycles. The molecule has 1 unspecified atom stereocenters. The molecule has 1 aromatic carbocycles. The number of anilines is 1. The van der Waals surface area contributed by atoms with Crippen LogP contribution in [0.4, 0.5) is 5.69 Å². The van der Waals surface area contributed by atoms with Crippen LogP contribution in [0.25, 0.3) is 0 Å². The van der Waals surface area contributed by atoms with Gasteiger partial charge in [0.1, 0.15) is 0 Å². The molecule has 3 nitrogen and oxygen atoms in total. The van der Waals surface area contributed by atoms with Gasteiger partial charge in [0.2, 0.25) is 0 Å². The smallest absolute Gasteiger partial charge is 0.0603 e. The van der Waals surface area contributed by atoms with Crippen molar-refractivity contribution in [3.63, 3.8) is 0 Å². The van der Waals surface area contributed by atoms with E-state index in [0.717, 1.165) is 38.9 Å². The van der Waals surface area contributed by atoms with Gasteiger partial charge in [0.05, 0.1) is 6.04 Å². The Morgan fingerprint density at radius 2 is 2.08 bits per heavy atom. The molecule has 1 fully saturated rings. The Hall–Kier alpha value is -1.36. The molecule has 1 aliphatic rings. The van der Waals surface area contributed by atoms with Gasteiger partial charge in [0, 0.05) is 23.7 Å². The first kappa shape index (κ1) is 17.5. The van der Waals surface area contributed by atoms with E-state index in [1.165, 1.54) is 16.1 Å². The highest BCUT2D eigenvalue weighted by molar-refractivity contribution is 7.10. The molecular formula is C20H28N2OS. The SMILES string of the molecule is CCC(Nc1cccc(CN2CCC(CO)CC2)c1)c1cccs1. The highest BCUT2D eigenvalue weighted by Gasteiger charge is 2.18. The third-order valence-electron chi connectivity index (χ3n) is 4.93. The quantitative estimate of drug-likeness (QED) is 0.775. The van der Waals surface area contributed by atoms with Gasteiger partial charge in [-0.1, -0.05) is 25.1 Å². The number of rotatable bonds is 7. The molecule has 2 aromatic rings. The normalized spacial score (nSPS) is 17.8. The number of thiophene rings is 1. The first-order valence-corrected chi connectivity index (χ1v) is 9.88. The Kier molecular flexibility index (Phi) is 6.30. The monoisotopic (exact) mass is 344 g/mol. The molecular weight excluding hydrogens is 316 g/mol. The third-order valence-corrected chi connectivity index (χ3v) is 5.92. The van der Waals surface area contributed by atoms with Crippen molar-refractivity contribution in [2.75, 3.05) is 25.0 Å². The molecule has 0 amide bonds. The van der Waals surface area contributed by atoms with E-state index in [0.29, 0.717) is 18.6 Å². The topological polar surface area (TPSA) is 35.5 Å². The summed E-state index contributed by atoms with van der Waals surface area (Å²) in [5.74, 6) is 0.505. The van der Waals surface area contributed by atoms with Gasteiger partial charge in [-0.25, -0.2) is 0 Å². The number of piperidine rings is 1. The Labute approximate surface area is 149 Å². The maximum atomic E-state index is 9.26. The molecule has 0 radical (unpaired) electrons. The lowest BCUT2D eigenvalue weighted by atomic mass is 9.97. The van der Waals surface area contributed by atoms with Crippen molar-refractivity contribution in [3.05, 3.63) is 52.2 Å². The average Bonchev–Trinajstić information content (AvgIpc) is 3.15.